The lowest BCUT2D eigenvalue weighted by atomic mass is 10.1. The van der Waals surface area contributed by atoms with Gasteiger partial charge in [0.25, 0.3) is 0 Å². The Morgan fingerprint density at radius 2 is 1.93 bits per heavy atom. The lowest BCUT2D eigenvalue weighted by Crippen LogP contribution is -1.84. The van der Waals surface area contributed by atoms with Gasteiger partial charge in [-0.1, -0.05) is 24.4 Å². The second kappa shape index (κ2) is 3.67. The highest BCUT2D eigenvalue weighted by molar-refractivity contribution is 7.71. The van der Waals surface area contributed by atoms with Gasteiger partial charge in [0.05, 0.1) is 6.33 Å². The lowest BCUT2D eigenvalue weighted by Gasteiger charge is -1.99. The summed E-state index contributed by atoms with van der Waals surface area (Å²) in [4.78, 5) is 6.75. The average molecular weight is 206 g/mol. The number of H-pyrrole nitrogens is 1. The van der Waals surface area contributed by atoms with Crippen LogP contribution in [0.2, 0.25) is 0 Å². The summed E-state index contributed by atoms with van der Waals surface area (Å²) >= 11 is 5.08. The third-order valence-corrected chi connectivity index (χ3v) is 2.21. The van der Waals surface area contributed by atoms with Crippen molar-refractivity contribution in [1.29, 1.82) is 0 Å². The summed E-state index contributed by atoms with van der Waals surface area (Å²) < 4.78 is 13.3. The zero-order valence-electron chi connectivity index (χ0n) is 7.20. The van der Waals surface area contributed by atoms with Crippen LogP contribution in [0.4, 0.5) is 4.39 Å². The molecule has 2 nitrogen and oxygen atoms in total. The van der Waals surface area contributed by atoms with Gasteiger partial charge in [-0.15, -0.1) is 0 Å². The number of rotatable bonds is 1. The van der Waals surface area contributed by atoms with Crippen LogP contribution in [0, 0.1) is 10.5 Å². The molecule has 1 N–H and O–H groups in total. The fourth-order valence-corrected chi connectivity index (χ4v) is 1.40. The molecule has 0 spiro atoms. The van der Waals surface area contributed by atoms with Crippen LogP contribution in [0.1, 0.15) is 0 Å². The van der Waals surface area contributed by atoms with E-state index in [4.69, 9.17) is 12.2 Å². The van der Waals surface area contributed by atoms with Gasteiger partial charge in [0.2, 0.25) is 0 Å². The minimum atomic E-state index is -0.257. The molecule has 0 aliphatic heterocycles. The zero-order valence-corrected chi connectivity index (χ0v) is 8.01. The molecule has 14 heavy (non-hydrogen) atoms. The van der Waals surface area contributed by atoms with E-state index in [1.807, 2.05) is 0 Å². The molecule has 0 fully saturated rings. The SMILES string of the molecule is Fc1ccc(-c2cnc[nH]c2=S)cc1. The summed E-state index contributed by atoms with van der Waals surface area (Å²) in [5.74, 6) is -0.257. The van der Waals surface area contributed by atoms with Gasteiger partial charge in [-0.05, 0) is 17.7 Å². The van der Waals surface area contributed by atoms with E-state index in [0.29, 0.717) is 4.64 Å². The van der Waals surface area contributed by atoms with Crippen LogP contribution < -0.4 is 0 Å². The van der Waals surface area contributed by atoms with Crippen LogP contribution in [0.3, 0.4) is 0 Å². The molecule has 1 heterocycles. The number of benzene rings is 1. The molecule has 0 atom stereocenters. The van der Waals surface area contributed by atoms with E-state index < -0.39 is 0 Å². The van der Waals surface area contributed by atoms with E-state index in [1.54, 1.807) is 18.3 Å². The first-order valence-electron chi connectivity index (χ1n) is 4.06. The summed E-state index contributed by atoms with van der Waals surface area (Å²) in [7, 11) is 0. The highest BCUT2D eigenvalue weighted by atomic mass is 32.1. The van der Waals surface area contributed by atoms with Crippen LogP contribution >= 0.6 is 12.2 Å². The van der Waals surface area contributed by atoms with E-state index in [0.717, 1.165) is 11.1 Å². The first-order chi connectivity index (χ1) is 6.77. The van der Waals surface area contributed by atoms with Crippen molar-refractivity contribution in [3.05, 3.63) is 47.2 Å². The molecule has 2 rings (SSSR count). The maximum Gasteiger partial charge on any atom is 0.123 e. The highest BCUT2D eigenvalue weighted by Gasteiger charge is 1.99. The molecule has 0 saturated heterocycles. The summed E-state index contributed by atoms with van der Waals surface area (Å²) in [5, 5.41) is 0. The van der Waals surface area contributed by atoms with E-state index in [-0.39, 0.29) is 5.82 Å². The Kier molecular flexibility index (Phi) is 2.37. The molecule has 1 aromatic heterocycles. The summed E-state index contributed by atoms with van der Waals surface area (Å²) in [6, 6.07) is 6.15. The van der Waals surface area contributed by atoms with Crippen LogP contribution in [0.25, 0.3) is 11.1 Å². The molecule has 0 saturated carbocycles. The third-order valence-electron chi connectivity index (χ3n) is 1.87. The molecule has 0 radical (unpaired) electrons. The van der Waals surface area contributed by atoms with Gasteiger partial charge < -0.3 is 4.98 Å². The smallest absolute Gasteiger partial charge is 0.123 e. The van der Waals surface area contributed by atoms with Crippen molar-refractivity contribution in [2.24, 2.45) is 0 Å². The van der Waals surface area contributed by atoms with Crippen molar-refractivity contribution in [3.8, 4) is 11.1 Å². The molecular formula is C10H7FN2S. The van der Waals surface area contributed by atoms with Gasteiger partial charge in [0, 0.05) is 11.8 Å². The summed E-state index contributed by atoms with van der Waals surface area (Å²) in [6.45, 7) is 0. The van der Waals surface area contributed by atoms with E-state index in [2.05, 4.69) is 9.97 Å². The molecule has 0 amide bonds. The van der Waals surface area contributed by atoms with E-state index >= 15 is 0 Å². The second-order valence-corrected chi connectivity index (χ2v) is 3.21. The van der Waals surface area contributed by atoms with Gasteiger partial charge in [-0.2, -0.15) is 0 Å². The van der Waals surface area contributed by atoms with Crippen molar-refractivity contribution in [2.45, 2.75) is 0 Å². The molecule has 2 aromatic rings. The Morgan fingerprint density at radius 1 is 1.21 bits per heavy atom. The second-order valence-electron chi connectivity index (χ2n) is 2.80. The topological polar surface area (TPSA) is 28.7 Å². The minimum absolute atomic E-state index is 0.257. The fourth-order valence-electron chi connectivity index (χ4n) is 1.18. The van der Waals surface area contributed by atoms with Gasteiger partial charge in [-0.3, -0.25) is 0 Å². The van der Waals surface area contributed by atoms with Crippen LogP contribution in [-0.4, -0.2) is 9.97 Å². The number of aromatic nitrogens is 2. The summed E-state index contributed by atoms with van der Waals surface area (Å²) in [6.07, 6.45) is 3.18. The van der Waals surface area contributed by atoms with Crippen molar-refractivity contribution < 1.29 is 4.39 Å². The zero-order chi connectivity index (χ0) is 9.97. The van der Waals surface area contributed by atoms with Gasteiger partial charge in [-0.25, -0.2) is 9.37 Å². The first-order valence-corrected chi connectivity index (χ1v) is 4.47. The van der Waals surface area contributed by atoms with Gasteiger partial charge >= 0.3 is 0 Å². The predicted octanol–water partition coefficient (Wildman–Crippen LogP) is 2.95. The molecule has 0 aliphatic rings. The monoisotopic (exact) mass is 206 g/mol. The maximum atomic E-state index is 12.7. The molecule has 4 heteroatoms. The quantitative estimate of drug-likeness (QED) is 0.727. The van der Waals surface area contributed by atoms with Crippen molar-refractivity contribution in [1.82, 2.24) is 9.97 Å². The average Bonchev–Trinajstić information content (AvgIpc) is 2.20. The Morgan fingerprint density at radius 3 is 2.57 bits per heavy atom. The van der Waals surface area contributed by atoms with Gasteiger partial charge in [0.1, 0.15) is 10.5 Å². The first kappa shape index (κ1) is 9.02. The number of hydrogen-bond acceptors (Lipinski definition) is 2. The van der Waals surface area contributed by atoms with Crippen LogP contribution in [-0.2, 0) is 0 Å². The Bertz CT molecular complexity index is 490. The van der Waals surface area contributed by atoms with Crippen molar-refractivity contribution in [3.63, 3.8) is 0 Å². The van der Waals surface area contributed by atoms with E-state index in [1.165, 1.54) is 18.5 Å². The summed E-state index contributed by atoms with van der Waals surface area (Å²) in [5.41, 5.74) is 1.67. The number of aromatic amines is 1. The molecule has 0 unspecified atom stereocenters. The number of hydrogen-bond donors (Lipinski definition) is 1. The van der Waals surface area contributed by atoms with Gasteiger partial charge in [0.15, 0.2) is 0 Å². The highest BCUT2D eigenvalue weighted by Crippen LogP contribution is 2.18. The predicted molar refractivity (Wildman–Crippen MR) is 54.8 cm³/mol. The molecule has 0 bridgehead atoms. The number of nitrogens with one attached hydrogen (secondary N) is 1. The van der Waals surface area contributed by atoms with Crippen molar-refractivity contribution in [2.75, 3.05) is 0 Å². The Labute approximate surface area is 85.5 Å². The normalized spacial score (nSPS) is 10.1. The Hall–Kier alpha value is -1.55. The number of halogens is 1. The maximum absolute atomic E-state index is 12.7. The van der Waals surface area contributed by atoms with Crippen LogP contribution in [0.15, 0.2) is 36.8 Å². The van der Waals surface area contributed by atoms with E-state index in [9.17, 15) is 4.39 Å². The number of nitrogens with zero attached hydrogens (tertiary/aromatic N) is 1. The third kappa shape index (κ3) is 1.70. The molecule has 0 aliphatic carbocycles. The lowest BCUT2D eigenvalue weighted by molar-refractivity contribution is 0.628. The fraction of sp³-hybridized carbons (Fsp3) is 0. The van der Waals surface area contributed by atoms with Crippen LogP contribution in [0.5, 0.6) is 0 Å². The largest absolute Gasteiger partial charge is 0.337 e. The molecule has 70 valence electrons. The van der Waals surface area contributed by atoms with Crippen molar-refractivity contribution >= 4 is 12.2 Å². The minimum Gasteiger partial charge on any atom is -0.337 e. The molecule has 1 aromatic carbocycles. The standard InChI is InChI=1S/C10H7FN2S/c11-8-3-1-7(2-4-8)9-5-12-6-13-10(9)14/h1-6H,(H,12,13,14). The Balaban J connectivity index is 2.56. The molecular weight excluding hydrogens is 199 g/mol.